The Bertz CT molecular complexity index is 793. The van der Waals surface area contributed by atoms with E-state index in [0.717, 1.165) is 6.26 Å². The van der Waals surface area contributed by atoms with E-state index < -0.39 is 9.84 Å². The van der Waals surface area contributed by atoms with E-state index in [2.05, 4.69) is 5.18 Å². The fourth-order valence-corrected chi connectivity index (χ4v) is 2.35. The number of aryl methyl sites for hydroxylation is 1. The number of hydrogen-bond donors (Lipinski definition) is 0. The first-order chi connectivity index (χ1) is 8.92. The highest BCUT2D eigenvalue weighted by Gasteiger charge is 2.08. The van der Waals surface area contributed by atoms with Crippen LogP contribution in [-0.2, 0) is 16.4 Å². The molecular weight excluding hydrogens is 268 g/mol. The maximum absolute atomic E-state index is 12.1. The maximum Gasteiger partial charge on any atom is 0.258 e. The van der Waals surface area contributed by atoms with Gasteiger partial charge in [0.25, 0.3) is 5.56 Å². The third-order valence-corrected chi connectivity index (χ3v) is 3.72. The Kier molecular flexibility index (Phi) is 3.48. The number of nitroso groups, excluding NO2 is 1. The first-order valence-electron chi connectivity index (χ1n) is 5.55. The van der Waals surface area contributed by atoms with E-state index in [1.807, 2.05) is 0 Å². The van der Waals surface area contributed by atoms with Gasteiger partial charge in [-0.1, -0.05) is 6.07 Å². The molecule has 0 spiro atoms. The van der Waals surface area contributed by atoms with Crippen LogP contribution in [0.1, 0.15) is 0 Å². The second kappa shape index (κ2) is 4.93. The minimum atomic E-state index is -3.13. The fraction of sp³-hybridized carbons (Fsp3) is 0.250. The van der Waals surface area contributed by atoms with Gasteiger partial charge in [-0.3, -0.25) is 4.79 Å². The summed E-state index contributed by atoms with van der Waals surface area (Å²) in [5, 5.41) is 3.69. The highest BCUT2D eigenvalue weighted by molar-refractivity contribution is 7.90. The summed E-state index contributed by atoms with van der Waals surface area (Å²) in [6.45, 7) is 0.0896. The maximum atomic E-state index is 12.1. The third kappa shape index (κ3) is 2.87. The predicted molar refractivity (Wildman–Crippen MR) is 73.4 cm³/mol. The van der Waals surface area contributed by atoms with E-state index in [1.54, 1.807) is 18.2 Å². The summed E-state index contributed by atoms with van der Waals surface area (Å²) in [6.07, 6.45) is 2.60. The molecule has 6 nitrogen and oxygen atoms in total. The van der Waals surface area contributed by atoms with E-state index in [4.69, 9.17) is 0 Å². The molecular formula is C12H12N2O4S. The fourth-order valence-electron chi connectivity index (χ4n) is 1.82. The van der Waals surface area contributed by atoms with Crippen LogP contribution in [0.2, 0.25) is 0 Å². The molecule has 0 unspecified atom stereocenters. The van der Waals surface area contributed by atoms with Crippen LogP contribution in [0.3, 0.4) is 0 Å². The second-order valence-electron chi connectivity index (χ2n) is 4.27. The molecule has 0 radical (unpaired) electrons. The molecule has 2 aromatic rings. The van der Waals surface area contributed by atoms with Crippen LogP contribution in [0.4, 0.5) is 5.69 Å². The van der Waals surface area contributed by atoms with E-state index in [-0.39, 0.29) is 23.5 Å². The minimum absolute atomic E-state index is 0.0896. The lowest BCUT2D eigenvalue weighted by Crippen LogP contribution is -2.23. The highest BCUT2D eigenvalue weighted by Crippen LogP contribution is 2.22. The molecule has 0 fully saturated rings. The summed E-state index contributed by atoms with van der Waals surface area (Å²) in [5.41, 5.74) is -0.128. The summed E-state index contributed by atoms with van der Waals surface area (Å²) in [4.78, 5) is 22.8. The van der Waals surface area contributed by atoms with Crippen molar-refractivity contribution in [2.45, 2.75) is 6.54 Å². The number of rotatable bonds is 4. The summed E-state index contributed by atoms with van der Waals surface area (Å²) in [5.74, 6) is -0.107. The van der Waals surface area contributed by atoms with Crippen molar-refractivity contribution in [1.29, 1.82) is 0 Å². The molecule has 0 atom stereocenters. The van der Waals surface area contributed by atoms with Crippen molar-refractivity contribution < 1.29 is 8.42 Å². The first kappa shape index (κ1) is 13.4. The van der Waals surface area contributed by atoms with Gasteiger partial charge >= 0.3 is 0 Å². The van der Waals surface area contributed by atoms with E-state index in [1.165, 1.54) is 16.8 Å². The molecule has 1 heterocycles. The SMILES string of the molecule is CS(=O)(=O)CCn1ccc2c(N=O)cccc2c1=O. The van der Waals surface area contributed by atoms with Gasteiger partial charge in [-0.15, -0.1) is 4.91 Å². The second-order valence-corrected chi connectivity index (χ2v) is 6.53. The van der Waals surface area contributed by atoms with E-state index in [9.17, 15) is 18.1 Å². The average molecular weight is 280 g/mol. The van der Waals surface area contributed by atoms with E-state index in [0.29, 0.717) is 10.8 Å². The van der Waals surface area contributed by atoms with Crippen LogP contribution < -0.4 is 5.56 Å². The number of aromatic nitrogens is 1. The molecule has 0 saturated carbocycles. The van der Waals surface area contributed by atoms with Gasteiger partial charge < -0.3 is 4.57 Å². The Morgan fingerprint density at radius 1 is 1.21 bits per heavy atom. The van der Waals surface area contributed by atoms with Crippen molar-refractivity contribution in [3.05, 3.63) is 45.7 Å². The molecule has 19 heavy (non-hydrogen) atoms. The number of fused-ring (bicyclic) bond motifs is 1. The summed E-state index contributed by atoms with van der Waals surface area (Å²) in [7, 11) is -3.13. The molecule has 100 valence electrons. The summed E-state index contributed by atoms with van der Waals surface area (Å²) in [6, 6.07) is 6.27. The van der Waals surface area contributed by atoms with Crippen molar-refractivity contribution in [2.75, 3.05) is 12.0 Å². The van der Waals surface area contributed by atoms with Crippen LogP contribution in [0.5, 0.6) is 0 Å². The van der Waals surface area contributed by atoms with Gasteiger partial charge in [0.05, 0.1) is 5.75 Å². The molecule has 0 saturated heterocycles. The van der Waals surface area contributed by atoms with Crippen molar-refractivity contribution in [2.24, 2.45) is 5.18 Å². The normalized spacial score (nSPS) is 11.6. The largest absolute Gasteiger partial charge is 0.314 e. The molecule has 0 aliphatic rings. The Morgan fingerprint density at radius 3 is 2.58 bits per heavy atom. The first-order valence-corrected chi connectivity index (χ1v) is 7.62. The molecule has 7 heteroatoms. The number of hydrogen-bond acceptors (Lipinski definition) is 5. The molecule has 2 rings (SSSR count). The van der Waals surface area contributed by atoms with Gasteiger partial charge in [0, 0.05) is 29.8 Å². The van der Waals surface area contributed by atoms with Crippen LogP contribution in [0.15, 0.2) is 40.4 Å². The Hall–Kier alpha value is -2.02. The van der Waals surface area contributed by atoms with Gasteiger partial charge in [-0.05, 0) is 23.4 Å². The molecule has 1 aromatic carbocycles. The lowest BCUT2D eigenvalue weighted by molar-refractivity contribution is 0.593. The molecule has 0 amide bonds. The van der Waals surface area contributed by atoms with Gasteiger partial charge in [-0.25, -0.2) is 8.42 Å². The van der Waals surface area contributed by atoms with Crippen molar-refractivity contribution in [3.8, 4) is 0 Å². The third-order valence-electron chi connectivity index (χ3n) is 2.80. The quantitative estimate of drug-likeness (QED) is 0.793. The van der Waals surface area contributed by atoms with Crippen molar-refractivity contribution in [3.63, 3.8) is 0 Å². The molecule has 1 aromatic heterocycles. The zero-order valence-corrected chi connectivity index (χ0v) is 11.1. The molecule has 0 N–H and O–H groups in total. The topological polar surface area (TPSA) is 85.6 Å². The standard InChI is InChI=1S/C12H12N2O4S/c1-19(17,18)8-7-14-6-5-9-10(12(14)15)3-2-4-11(9)13-16/h2-6H,7-8H2,1H3. The van der Waals surface area contributed by atoms with Crippen LogP contribution >= 0.6 is 0 Å². The Morgan fingerprint density at radius 2 is 1.95 bits per heavy atom. The Labute approximate surface area is 109 Å². The van der Waals surface area contributed by atoms with E-state index >= 15 is 0 Å². The van der Waals surface area contributed by atoms with Crippen LogP contribution in [0, 0.1) is 4.91 Å². The number of sulfone groups is 1. The lowest BCUT2D eigenvalue weighted by atomic mass is 10.1. The summed E-state index contributed by atoms with van der Waals surface area (Å²) < 4.78 is 23.5. The summed E-state index contributed by atoms with van der Waals surface area (Å²) >= 11 is 0. The van der Waals surface area contributed by atoms with Crippen LogP contribution in [0.25, 0.3) is 10.8 Å². The zero-order chi connectivity index (χ0) is 14.0. The van der Waals surface area contributed by atoms with Crippen molar-refractivity contribution in [1.82, 2.24) is 4.57 Å². The molecule has 0 aliphatic heterocycles. The molecule has 0 bridgehead atoms. The lowest BCUT2D eigenvalue weighted by Gasteiger charge is -2.07. The zero-order valence-electron chi connectivity index (χ0n) is 10.2. The van der Waals surface area contributed by atoms with Crippen molar-refractivity contribution >= 4 is 26.3 Å². The van der Waals surface area contributed by atoms with Crippen LogP contribution in [-0.4, -0.2) is 25.0 Å². The molecule has 0 aliphatic carbocycles. The highest BCUT2D eigenvalue weighted by atomic mass is 32.2. The Balaban J connectivity index is 2.53. The predicted octanol–water partition coefficient (Wildman–Crippen LogP) is 1.44. The smallest absolute Gasteiger partial charge is 0.258 e. The van der Waals surface area contributed by atoms with Gasteiger partial charge in [0.1, 0.15) is 15.5 Å². The van der Waals surface area contributed by atoms with Gasteiger partial charge in [-0.2, -0.15) is 0 Å². The monoisotopic (exact) mass is 280 g/mol. The average Bonchev–Trinajstić information content (AvgIpc) is 2.36. The minimum Gasteiger partial charge on any atom is -0.314 e. The number of nitrogens with zero attached hydrogens (tertiary/aromatic N) is 2. The van der Waals surface area contributed by atoms with Gasteiger partial charge in [0.2, 0.25) is 0 Å². The van der Waals surface area contributed by atoms with Gasteiger partial charge in [0.15, 0.2) is 0 Å². The number of pyridine rings is 1. The number of benzene rings is 1.